The third-order valence-electron chi connectivity index (χ3n) is 4.33. The van der Waals surface area contributed by atoms with Crippen molar-refractivity contribution >= 4 is 47.2 Å². The Morgan fingerprint density at radius 1 is 1.14 bits per heavy atom. The van der Waals surface area contributed by atoms with E-state index in [0.29, 0.717) is 18.0 Å². The Morgan fingerprint density at radius 2 is 1.79 bits per heavy atom. The van der Waals surface area contributed by atoms with Crippen LogP contribution in [0.5, 0.6) is 0 Å². The first-order chi connectivity index (χ1) is 12.8. The predicted molar refractivity (Wildman–Crippen MR) is 132 cm³/mol. The zero-order chi connectivity index (χ0) is 20.2. The van der Waals surface area contributed by atoms with Crippen LogP contribution in [0.15, 0.2) is 22.5 Å². The number of rotatable bonds is 11. The average molecular weight is 524 g/mol. The van der Waals surface area contributed by atoms with Crippen LogP contribution in [0.1, 0.15) is 39.0 Å². The van der Waals surface area contributed by atoms with Crippen molar-refractivity contribution in [3.8, 4) is 0 Å². The molecule has 0 aliphatic heterocycles. The van der Waals surface area contributed by atoms with Gasteiger partial charge in [0.2, 0.25) is 5.91 Å². The van der Waals surface area contributed by atoms with Gasteiger partial charge in [0, 0.05) is 50.7 Å². The number of likely N-dealkylation sites (N-methyl/N-ethyl adjacent to an activating group) is 1. The Balaban J connectivity index is 0.00000729. The van der Waals surface area contributed by atoms with Crippen molar-refractivity contribution in [1.82, 2.24) is 20.4 Å². The third-order valence-corrected chi connectivity index (χ3v) is 5.26. The first-order valence-corrected chi connectivity index (χ1v) is 10.7. The van der Waals surface area contributed by atoms with E-state index in [0.717, 1.165) is 32.5 Å². The second-order valence-electron chi connectivity index (χ2n) is 7.41. The van der Waals surface area contributed by atoms with Gasteiger partial charge in [-0.15, -0.1) is 35.3 Å². The molecule has 0 radical (unpaired) electrons. The fourth-order valence-corrected chi connectivity index (χ4v) is 3.51. The molecule has 28 heavy (non-hydrogen) atoms. The summed E-state index contributed by atoms with van der Waals surface area (Å²) in [5, 5.41) is 8.81. The lowest BCUT2D eigenvalue weighted by Gasteiger charge is -2.30. The maximum atomic E-state index is 11.8. The Hall–Kier alpha value is -0.870. The molecule has 1 amide bonds. The first-order valence-electron chi connectivity index (χ1n) is 9.81. The summed E-state index contributed by atoms with van der Waals surface area (Å²) >= 11 is 1.76. The Labute approximate surface area is 192 Å². The standard InChI is InChI=1S/C20H37N5OS.HI/c1-16(2)25(17(3)4)13-8-11-21-20(23-15-19(26)24(5)6)22-12-10-18-9-7-14-27-18;/h7,9,14,16-17H,8,10-13,15H2,1-6H3,(H2,21,22,23);1H. The Morgan fingerprint density at radius 3 is 2.32 bits per heavy atom. The van der Waals surface area contributed by atoms with Gasteiger partial charge < -0.3 is 15.5 Å². The number of halogens is 1. The van der Waals surface area contributed by atoms with E-state index in [2.05, 4.69) is 65.7 Å². The molecule has 0 aliphatic carbocycles. The quantitative estimate of drug-likeness (QED) is 0.203. The smallest absolute Gasteiger partial charge is 0.243 e. The van der Waals surface area contributed by atoms with E-state index in [1.54, 1.807) is 30.3 Å². The van der Waals surface area contributed by atoms with E-state index in [1.807, 2.05) is 0 Å². The lowest BCUT2D eigenvalue weighted by atomic mass is 10.2. The van der Waals surface area contributed by atoms with Gasteiger partial charge in [0.25, 0.3) is 0 Å². The number of nitrogens with one attached hydrogen (secondary N) is 2. The first kappa shape index (κ1) is 27.1. The molecule has 162 valence electrons. The van der Waals surface area contributed by atoms with Gasteiger partial charge in [-0.2, -0.15) is 0 Å². The summed E-state index contributed by atoms with van der Waals surface area (Å²) in [5.41, 5.74) is 0. The SMILES string of the molecule is CC(C)N(CCCNC(=NCC(=O)N(C)C)NCCc1cccs1)C(C)C.I. The Kier molecular flexibility index (Phi) is 14.6. The molecule has 2 N–H and O–H groups in total. The molecule has 8 heteroatoms. The van der Waals surface area contributed by atoms with E-state index in [4.69, 9.17) is 0 Å². The van der Waals surface area contributed by atoms with E-state index < -0.39 is 0 Å². The minimum Gasteiger partial charge on any atom is -0.356 e. The van der Waals surface area contributed by atoms with E-state index in [9.17, 15) is 4.79 Å². The van der Waals surface area contributed by atoms with Crippen molar-refractivity contribution in [2.24, 2.45) is 4.99 Å². The van der Waals surface area contributed by atoms with Gasteiger partial charge >= 0.3 is 0 Å². The van der Waals surface area contributed by atoms with Gasteiger partial charge in [0.1, 0.15) is 6.54 Å². The highest BCUT2D eigenvalue weighted by Crippen LogP contribution is 2.08. The molecule has 6 nitrogen and oxygen atoms in total. The number of hydrogen-bond acceptors (Lipinski definition) is 4. The molecule has 1 aromatic heterocycles. The van der Waals surface area contributed by atoms with Gasteiger partial charge in [-0.05, 0) is 52.0 Å². The van der Waals surface area contributed by atoms with Gasteiger partial charge in [-0.1, -0.05) is 6.07 Å². The van der Waals surface area contributed by atoms with Gasteiger partial charge in [0.15, 0.2) is 5.96 Å². The maximum absolute atomic E-state index is 11.8. The van der Waals surface area contributed by atoms with Crippen molar-refractivity contribution in [2.75, 3.05) is 40.3 Å². The van der Waals surface area contributed by atoms with Crippen LogP contribution in [0, 0.1) is 0 Å². The van der Waals surface area contributed by atoms with Gasteiger partial charge in [-0.3, -0.25) is 9.69 Å². The maximum Gasteiger partial charge on any atom is 0.243 e. The van der Waals surface area contributed by atoms with Crippen LogP contribution in [-0.2, 0) is 11.2 Å². The zero-order valence-electron chi connectivity index (χ0n) is 18.2. The molecular weight excluding hydrogens is 485 g/mol. The molecule has 0 bridgehead atoms. The molecule has 0 spiro atoms. The van der Waals surface area contributed by atoms with E-state index in [-0.39, 0.29) is 36.4 Å². The molecule has 0 fully saturated rings. The van der Waals surface area contributed by atoms with Crippen LogP contribution in [0.2, 0.25) is 0 Å². The van der Waals surface area contributed by atoms with Crippen LogP contribution in [-0.4, -0.2) is 74.0 Å². The third kappa shape index (κ3) is 11.2. The fraction of sp³-hybridized carbons (Fsp3) is 0.700. The van der Waals surface area contributed by atoms with Crippen molar-refractivity contribution in [3.05, 3.63) is 22.4 Å². The number of aliphatic imine (C=N–C) groups is 1. The summed E-state index contributed by atoms with van der Waals surface area (Å²) in [7, 11) is 3.50. The second kappa shape index (κ2) is 15.0. The monoisotopic (exact) mass is 523 g/mol. The van der Waals surface area contributed by atoms with E-state index >= 15 is 0 Å². The lowest BCUT2D eigenvalue weighted by Crippen LogP contribution is -2.42. The number of thiophene rings is 1. The Bertz CT molecular complexity index is 553. The van der Waals surface area contributed by atoms with Crippen molar-refractivity contribution in [1.29, 1.82) is 0 Å². The molecule has 0 saturated carbocycles. The van der Waals surface area contributed by atoms with Crippen LogP contribution in [0.4, 0.5) is 0 Å². The van der Waals surface area contributed by atoms with Crippen LogP contribution in [0.3, 0.4) is 0 Å². The molecule has 1 rings (SSSR count). The highest BCUT2D eigenvalue weighted by Gasteiger charge is 2.12. The molecule has 0 unspecified atom stereocenters. The predicted octanol–water partition coefficient (Wildman–Crippen LogP) is 3.04. The number of nitrogens with zero attached hydrogens (tertiary/aromatic N) is 3. The summed E-state index contributed by atoms with van der Waals surface area (Å²) in [4.78, 5) is 21.7. The van der Waals surface area contributed by atoms with Gasteiger partial charge in [-0.25, -0.2) is 4.99 Å². The van der Waals surface area contributed by atoms with E-state index in [1.165, 1.54) is 4.88 Å². The molecule has 0 saturated heterocycles. The van der Waals surface area contributed by atoms with Crippen molar-refractivity contribution in [2.45, 2.75) is 52.6 Å². The summed E-state index contributed by atoms with van der Waals surface area (Å²) in [6.07, 6.45) is 1.98. The van der Waals surface area contributed by atoms with Crippen molar-refractivity contribution < 1.29 is 4.79 Å². The van der Waals surface area contributed by atoms with Crippen LogP contribution >= 0.6 is 35.3 Å². The minimum absolute atomic E-state index is 0. The van der Waals surface area contributed by atoms with Gasteiger partial charge in [0.05, 0.1) is 0 Å². The highest BCUT2D eigenvalue weighted by atomic mass is 127. The molecule has 0 aliphatic rings. The fourth-order valence-electron chi connectivity index (χ4n) is 2.80. The average Bonchev–Trinajstić information content (AvgIpc) is 3.11. The number of guanidine groups is 1. The number of hydrogen-bond donors (Lipinski definition) is 2. The number of carbonyl (C=O) groups is 1. The zero-order valence-corrected chi connectivity index (χ0v) is 21.3. The lowest BCUT2D eigenvalue weighted by molar-refractivity contribution is -0.127. The summed E-state index contributed by atoms with van der Waals surface area (Å²) in [6, 6.07) is 5.29. The minimum atomic E-state index is 0. The second-order valence-corrected chi connectivity index (χ2v) is 8.45. The van der Waals surface area contributed by atoms with Crippen molar-refractivity contribution in [3.63, 3.8) is 0 Å². The van der Waals surface area contributed by atoms with Crippen LogP contribution in [0.25, 0.3) is 0 Å². The molecule has 1 aromatic rings. The molecule has 0 aromatic carbocycles. The summed E-state index contributed by atoms with van der Waals surface area (Å²) < 4.78 is 0. The van der Waals surface area contributed by atoms with Crippen LogP contribution < -0.4 is 10.6 Å². The molecule has 0 atom stereocenters. The molecular formula is C20H38IN5OS. The topological polar surface area (TPSA) is 60.0 Å². The largest absolute Gasteiger partial charge is 0.356 e. The highest BCUT2D eigenvalue weighted by molar-refractivity contribution is 14.0. The number of carbonyl (C=O) groups excluding carboxylic acids is 1. The number of amides is 1. The summed E-state index contributed by atoms with van der Waals surface area (Å²) in [6.45, 7) is 11.8. The summed E-state index contributed by atoms with van der Waals surface area (Å²) in [5.74, 6) is 0.711. The normalized spacial score (nSPS) is 11.7. The molecule has 1 heterocycles.